The van der Waals surface area contributed by atoms with Crippen LogP contribution in [-0.4, -0.2) is 16.2 Å². The third-order valence-corrected chi connectivity index (χ3v) is 2.73. The molecule has 2 N–H and O–H groups in total. The summed E-state index contributed by atoms with van der Waals surface area (Å²) >= 11 is 6.16. The molecule has 0 aromatic heterocycles. The fraction of sp³-hybridized carbons (Fsp3) is 1.00. The molecule has 0 amide bonds. The van der Waals surface area contributed by atoms with E-state index in [9.17, 15) is 0 Å². The van der Waals surface area contributed by atoms with Gasteiger partial charge in [-0.15, -0.1) is 24.4 Å². The summed E-state index contributed by atoms with van der Waals surface area (Å²) in [6.07, 6.45) is 0.383. The second-order valence-corrected chi connectivity index (χ2v) is 4.93. The quantitative estimate of drug-likeness (QED) is 0.462. The van der Waals surface area contributed by atoms with E-state index in [1.807, 2.05) is 0 Å². The van der Waals surface area contributed by atoms with Gasteiger partial charge in [0.2, 0.25) is 0 Å². The smallest absolute Gasteiger partial charge is 0.108 e. The fourth-order valence-electron chi connectivity index (χ4n) is 0.802. The molecule has 0 saturated carbocycles. The predicted molar refractivity (Wildman–Crippen MR) is 45.6 cm³/mol. The molecule has 0 bridgehead atoms. The minimum Gasteiger partial charge on any atom is -0.293 e. The average Bonchev–Trinajstić information content (AvgIpc) is 1.60. The van der Waals surface area contributed by atoms with Crippen LogP contribution in [0.2, 0.25) is 0 Å². The molecule has 1 saturated heterocycles. The molecule has 1 aliphatic heterocycles. The van der Waals surface area contributed by atoms with E-state index in [1.165, 1.54) is 0 Å². The maximum Gasteiger partial charge on any atom is 0.108 e. The Morgan fingerprint density at radius 1 is 1.78 bits per heavy atom. The van der Waals surface area contributed by atoms with Crippen LogP contribution in [-0.2, 0) is 0 Å². The summed E-state index contributed by atoms with van der Waals surface area (Å²) in [6.45, 7) is 4.16. The van der Waals surface area contributed by atoms with Crippen molar-refractivity contribution in [3.05, 3.63) is 0 Å². The molecule has 2 unspecified atom stereocenters. The van der Waals surface area contributed by atoms with Crippen molar-refractivity contribution in [3.63, 3.8) is 0 Å². The monoisotopic (exact) mass is 164 g/mol. The van der Waals surface area contributed by atoms with Crippen molar-refractivity contribution in [2.45, 2.75) is 24.2 Å². The molecule has 1 heterocycles. The largest absolute Gasteiger partial charge is 0.293 e. The maximum absolute atomic E-state index is 4.39. The van der Waals surface area contributed by atoms with E-state index in [4.69, 9.17) is 0 Å². The Morgan fingerprint density at radius 2 is 2.44 bits per heavy atom. The van der Waals surface area contributed by atoms with E-state index in [0.29, 0.717) is 6.17 Å². The van der Waals surface area contributed by atoms with Gasteiger partial charge in [-0.1, -0.05) is 0 Å². The minimum absolute atomic E-state index is 0.0509. The average molecular weight is 164 g/mol. The van der Waals surface area contributed by atoms with E-state index in [0.717, 1.165) is 5.88 Å². The highest BCUT2D eigenvalue weighted by Crippen LogP contribution is 2.27. The summed E-state index contributed by atoms with van der Waals surface area (Å²) in [5.74, 6) is 0.980. The molecule has 0 aromatic carbocycles. The summed E-state index contributed by atoms with van der Waals surface area (Å²) in [5, 5.41) is 6.51. The van der Waals surface area contributed by atoms with Gasteiger partial charge in [-0.3, -0.25) is 10.6 Å². The molecular formula is C5H12N2S2. The maximum atomic E-state index is 4.39. The van der Waals surface area contributed by atoms with Crippen LogP contribution < -0.4 is 10.6 Å². The SMILES string of the molecule is CC1NCSC(C)(S)N1. The summed E-state index contributed by atoms with van der Waals surface area (Å²) in [6, 6.07) is 0. The first-order valence-electron chi connectivity index (χ1n) is 2.97. The molecule has 0 radical (unpaired) electrons. The lowest BCUT2D eigenvalue weighted by Crippen LogP contribution is -2.53. The molecule has 0 spiro atoms. The van der Waals surface area contributed by atoms with Crippen molar-refractivity contribution in [3.8, 4) is 0 Å². The van der Waals surface area contributed by atoms with E-state index < -0.39 is 0 Å². The van der Waals surface area contributed by atoms with Gasteiger partial charge in [0.15, 0.2) is 0 Å². The Morgan fingerprint density at radius 3 is 2.78 bits per heavy atom. The molecule has 9 heavy (non-hydrogen) atoms. The van der Waals surface area contributed by atoms with Crippen molar-refractivity contribution in [1.82, 2.24) is 10.6 Å². The summed E-state index contributed by atoms with van der Waals surface area (Å²) in [4.78, 5) is 0. The van der Waals surface area contributed by atoms with Crippen LogP contribution in [0.1, 0.15) is 13.8 Å². The lowest BCUT2D eigenvalue weighted by molar-refractivity contribution is 0.448. The molecule has 2 atom stereocenters. The lowest BCUT2D eigenvalue weighted by atomic mass is 10.5. The highest BCUT2D eigenvalue weighted by atomic mass is 32.2. The van der Waals surface area contributed by atoms with Crippen molar-refractivity contribution < 1.29 is 0 Å². The molecule has 4 heteroatoms. The van der Waals surface area contributed by atoms with Crippen LogP contribution in [0.25, 0.3) is 0 Å². The Bertz CT molecular complexity index is 105. The second kappa shape index (κ2) is 2.70. The number of hydrogen-bond donors (Lipinski definition) is 3. The second-order valence-electron chi connectivity index (χ2n) is 2.34. The Labute approximate surface area is 65.6 Å². The van der Waals surface area contributed by atoms with Crippen molar-refractivity contribution in [2.75, 3.05) is 5.88 Å². The van der Waals surface area contributed by atoms with E-state index >= 15 is 0 Å². The van der Waals surface area contributed by atoms with E-state index in [2.05, 4.69) is 37.1 Å². The summed E-state index contributed by atoms with van der Waals surface area (Å²) < 4.78 is -0.0509. The molecule has 1 aliphatic rings. The van der Waals surface area contributed by atoms with Gasteiger partial charge >= 0.3 is 0 Å². The van der Waals surface area contributed by atoms with Gasteiger partial charge in [0, 0.05) is 5.88 Å². The zero-order chi connectivity index (χ0) is 6.91. The Kier molecular flexibility index (Phi) is 2.32. The van der Waals surface area contributed by atoms with Gasteiger partial charge in [-0.25, -0.2) is 0 Å². The van der Waals surface area contributed by atoms with Crippen molar-refractivity contribution in [2.24, 2.45) is 0 Å². The molecular weight excluding hydrogens is 152 g/mol. The normalized spacial score (nSPS) is 45.0. The number of nitrogens with one attached hydrogen (secondary N) is 2. The van der Waals surface area contributed by atoms with Crippen molar-refractivity contribution in [1.29, 1.82) is 0 Å². The number of thioether (sulfide) groups is 1. The van der Waals surface area contributed by atoms with Crippen LogP contribution in [0.5, 0.6) is 0 Å². The lowest BCUT2D eigenvalue weighted by Gasteiger charge is -2.34. The zero-order valence-electron chi connectivity index (χ0n) is 5.64. The molecule has 1 rings (SSSR count). The summed E-state index contributed by atoms with van der Waals surface area (Å²) in [5.41, 5.74) is 0. The van der Waals surface area contributed by atoms with Gasteiger partial charge in [0.05, 0.1) is 6.17 Å². The Balaban J connectivity index is 2.41. The van der Waals surface area contributed by atoms with Gasteiger partial charge in [0.1, 0.15) is 4.20 Å². The first-order valence-corrected chi connectivity index (χ1v) is 4.41. The van der Waals surface area contributed by atoms with Gasteiger partial charge in [-0.2, -0.15) is 0 Å². The first-order chi connectivity index (χ1) is 4.10. The first kappa shape index (κ1) is 7.72. The molecule has 54 valence electrons. The Hall–Kier alpha value is 0.620. The third-order valence-electron chi connectivity index (χ3n) is 1.23. The van der Waals surface area contributed by atoms with Gasteiger partial charge < -0.3 is 0 Å². The number of rotatable bonds is 0. The topological polar surface area (TPSA) is 24.1 Å². The standard InChI is InChI=1S/C5H12N2S2/c1-4-6-3-9-5(2,8)7-4/h4,6-8H,3H2,1-2H3. The molecule has 0 aliphatic carbocycles. The summed E-state index contributed by atoms with van der Waals surface area (Å²) in [7, 11) is 0. The van der Waals surface area contributed by atoms with Crippen molar-refractivity contribution >= 4 is 24.4 Å². The van der Waals surface area contributed by atoms with E-state index in [-0.39, 0.29) is 4.20 Å². The van der Waals surface area contributed by atoms with Gasteiger partial charge in [0.25, 0.3) is 0 Å². The van der Waals surface area contributed by atoms with Crippen LogP contribution >= 0.6 is 24.4 Å². The van der Waals surface area contributed by atoms with Crippen LogP contribution in [0, 0.1) is 0 Å². The van der Waals surface area contributed by atoms with E-state index in [1.54, 1.807) is 11.8 Å². The predicted octanol–water partition coefficient (Wildman–Crippen LogP) is 0.819. The fourth-order valence-corrected chi connectivity index (χ4v) is 2.06. The number of hydrogen-bond acceptors (Lipinski definition) is 4. The zero-order valence-corrected chi connectivity index (χ0v) is 7.35. The molecule has 1 fully saturated rings. The highest BCUT2D eigenvalue weighted by molar-refractivity contribution is 8.11. The molecule has 0 aromatic rings. The third kappa shape index (κ3) is 2.37. The molecule has 2 nitrogen and oxygen atoms in total. The minimum atomic E-state index is -0.0509. The highest BCUT2D eigenvalue weighted by Gasteiger charge is 2.25. The van der Waals surface area contributed by atoms with Gasteiger partial charge in [-0.05, 0) is 13.8 Å². The van der Waals surface area contributed by atoms with Crippen LogP contribution in [0.4, 0.5) is 0 Å². The van der Waals surface area contributed by atoms with Crippen LogP contribution in [0.3, 0.4) is 0 Å². The van der Waals surface area contributed by atoms with Crippen LogP contribution in [0.15, 0.2) is 0 Å². The number of thiol groups is 1.